The minimum absolute atomic E-state index is 0.292. The second kappa shape index (κ2) is 13.1. The Morgan fingerprint density at radius 3 is 2.44 bits per heavy atom. The summed E-state index contributed by atoms with van der Waals surface area (Å²) in [6.07, 6.45) is 15.2. The molecule has 6 heteroatoms. The van der Waals surface area contributed by atoms with Gasteiger partial charge in [-0.3, -0.25) is 5.10 Å². The zero-order valence-corrected chi connectivity index (χ0v) is 24.9. The lowest BCUT2D eigenvalue weighted by molar-refractivity contribution is 0.393. The molecule has 4 nitrogen and oxygen atoms in total. The van der Waals surface area contributed by atoms with E-state index in [1.54, 1.807) is 24.3 Å². The van der Waals surface area contributed by atoms with Gasteiger partial charge in [0.15, 0.2) is 0 Å². The number of aromatic nitrogens is 3. The Hall–Kier alpha value is -4.71. The molecule has 3 N–H and O–H groups in total. The number of benzene rings is 2. The number of fused-ring (bicyclic) bond motifs is 1. The van der Waals surface area contributed by atoms with E-state index in [0.717, 1.165) is 63.3 Å². The van der Waals surface area contributed by atoms with Crippen LogP contribution in [-0.2, 0) is 0 Å². The highest BCUT2D eigenvalue weighted by Gasteiger charge is 2.19. The summed E-state index contributed by atoms with van der Waals surface area (Å²) in [5.74, 6) is -0.205. The summed E-state index contributed by atoms with van der Waals surface area (Å²) >= 11 is 0. The molecule has 0 radical (unpaired) electrons. The summed E-state index contributed by atoms with van der Waals surface area (Å²) < 4.78 is 29.1. The van der Waals surface area contributed by atoms with Crippen LogP contribution in [0.2, 0.25) is 0 Å². The van der Waals surface area contributed by atoms with Crippen LogP contribution in [0.1, 0.15) is 61.4 Å². The van der Waals surface area contributed by atoms with E-state index in [0.29, 0.717) is 22.7 Å². The van der Waals surface area contributed by atoms with Crippen LogP contribution in [-0.4, -0.2) is 15.2 Å². The monoisotopic (exact) mass is 576 g/mol. The number of rotatable bonds is 10. The number of nitrogens with zero attached hydrogens (tertiary/aromatic N) is 1. The first-order valence-corrected chi connectivity index (χ1v) is 14.8. The van der Waals surface area contributed by atoms with Crippen LogP contribution >= 0.6 is 0 Å². The Morgan fingerprint density at radius 1 is 1.02 bits per heavy atom. The Balaban J connectivity index is 1.50. The lowest BCUT2D eigenvalue weighted by atomic mass is 9.87. The predicted molar refractivity (Wildman–Crippen MR) is 175 cm³/mol. The largest absolute Gasteiger partial charge is 0.359 e. The van der Waals surface area contributed by atoms with E-state index < -0.39 is 0 Å². The van der Waals surface area contributed by atoms with Crippen molar-refractivity contribution in [1.29, 1.82) is 0 Å². The summed E-state index contributed by atoms with van der Waals surface area (Å²) in [6.45, 7) is 16.0. The highest BCUT2D eigenvalue weighted by molar-refractivity contribution is 5.96. The van der Waals surface area contributed by atoms with Crippen molar-refractivity contribution in [2.45, 2.75) is 46.0 Å². The third-order valence-electron chi connectivity index (χ3n) is 8.21. The third kappa shape index (κ3) is 6.38. The lowest BCUT2D eigenvalue weighted by Crippen LogP contribution is -2.20. The highest BCUT2D eigenvalue weighted by atomic mass is 19.1. The molecule has 0 aliphatic heterocycles. The van der Waals surface area contributed by atoms with E-state index in [2.05, 4.69) is 40.2 Å². The molecule has 2 aromatic heterocycles. The molecule has 1 fully saturated rings. The van der Waals surface area contributed by atoms with E-state index in [9.17, 15) is 4.39 Å². The van der Waals surface area contributed by atoms with Gasteiger partial charge in [-0.1, -0.05) is 69.4 Å². The molecule has 2 aromatic carbocycles. The predicted octanol–water partition coefficient (Wildman–Crippen LogP) is 9.92. The first-order valence-electron chi connectivity index (χ1n) is 14.8. The van der Waals surface area contributed by atoms with Gasteiger partial charge in [-0.05, 0) is 85.7 Å². The number of allylic oxidation sites excluding steroid dienone is 7. The van der Waals surface area contributed by atoms with Crippen molar-refractivity contribution >= 4 is 22.0 Å². The maximum Gasteiger partial charge on any atom is 0.133 e. The SMILES string of the molecule is C=C/C=C(/c1ccc(F)cc1)c1cc(-c2n[nH]c3cc(F)c(C(/C=C(\C=C)NC(=C)C4CCCCC4)=C/C)cc23)[nH]c1C. The number of aromatic amines is 2. The number of hydrogen-bond acceptors (Lipinski definition) is 2. The van der Waals surface area contributed by atoms with Gasteiger partial charge >= 0.3 is 0 Å². The number of nitrogens with one attached hydrogen (secondary N) is 3. The molecular formula is C37H38F2N4. The molecule has 1 saturated carbocycles. The summed E-state index contributed by atoms with van der Waals surface area (Å²) in [6, 6.07) is 11.7. The van der Waals surface area contributed by atoms with Gasteiger partial charge in [0, 0.05) is 39.7 Å². The number of halogens is 2. The van der Waals surface area contributed by atoms with Crippen LogP contribution in [0.4, 0.5) is 8.78 Å². The van der Waals surface area contributed by atoms with Gasteiger partial charge < -0.3 is 10.3 Å². The molecule has 0 amide bonds. The molecule has 43 heavy (non-hydrogen) atoms. The van der Waals surface area contributed by atoms with E-state index >= 15 is 4.39 Å². The highest BCUT2D eigenvalue weighted by Crippen LogP contribution is 2.35. The quantitative estimate of drug-likeness (QED) is 0.165. The van der Waals surface area contributed by atoms with Gasteiger partial charge in [0.1, 0.15) is 17.3 Å². The van der Waals surface area contributed by atoms with Crippen LogP contribution in [0.15, 0.2) is 104 Å². The minimum Gasteiger partial charge on any atom is -0.359 e. The van der Waals surface area contributed by atoms with Gasteiger partial charge in [0.2, 0.25) is 0 Å². The number of hydrogen-bond donors (Lipinski definition) is 3. The average molecular weight is 577 g/mol. The van der Waals surface area contributed by atoms with E-state index in [1.807, 2.05) is 44.2 Å². The fourth-order valence-corrected chi connectivity index (χ4v) is 5.89. The van der Waals surface area contributed by atoms with Crippen molar-refractivity contribution in [3.8, 4) is 11.4 Å². The fraction of sp³-hybridized carbons (Fsp3) is 0.216. The molecule has 1 aliphatic carbocycles. The molecule has 5 rings (SSSR count). The molecule has 1 aliphatic rings. The van der Waals surface area contributed by atoms with Crippen LogP contribution in [0, 0.1) is 24.5 Å². The molecule has 2 heterocycles. The Kier molecular flexibility index (Phi) is 9.05. The molecule has 0 unspecified atom stereocenters. The van der Waals surface area contributed by atoms with E-state index in [4.69, 9.17) is 0 Å². The summed E-state index contributed by atoms with van der Waals surface area (Å²) in [7, 11) is 0. The molecule has 0 bridgehead atoms. The summed E-state index contributed by atoms with van der Waals surface area (Å²) in [5.41, 5.74) is 8.64. The molecule has 220 valence electrons. The minimum atomic E-state index is -0.350. The topological polar surface area (TPSA) is 56.5 Å². The van der Waals surface area contributed by atoms with Gasteiger partial charge in [0.05, 0.1) is 11.2 Å². The second-order valence-electron chi connectivity index (χ2n) is 11.0. The molecule has 0 atom stereocenters. The van der Waals surface area contributed by atoms with E-state index in [-0.39, 0.29) is 11.6 Å². The van der Waals surface area contributed by atoms with Gasteiger partial charge in [-0.25, -0.2) is 8.78 Å². The second-order valence-corrected chi connectivity index (χ2v) is 11.0. The zero-order valence-electron chi connectivity index (χ0n) is 24.9. The Bertz CT molecular complexity index is 1760. The summed E-state index contributed by atoms with van der Waals surface area (Å²) in [5, 5.41) is 11.8. The van der Waals surface area contributed by atoms with E-state index in [1.165, 1.54) is 37.5 Å². The number of H-pyrrole nitrogens is 2. The van der Waals surface area contributed by atoms with Crippen molar-refractivity contribution in [3.63, 3.8) is 0 Å². The van der Waals surface area contributed by atoms with Crippen LogP contribution in [0.5, 0.6) is 0 Å². The average Bonchev–Trinajstić information content (AvgIpc) is 3.61. The maximum absolute atomic E-state index is 15.5. The van der Waals surface area contributed by atoms with Crippen molar-refractivity contribution in [2.75, 3.05) is 0 Å². The Labute approximate surface area is 252 Å². The van der Waals surface area contributed by atoms with Crippen molar-refractivity contribution in [1.82, 2.24) is 20.5 Å². The first kappa shape index (κ1) is 29.8. The van der Waals surface area contributed by atoms with Crippen LogP contribution in [0.3, 0.4) is 0 Å². The normalized spacial score (nSPS) is 15.1. The first-order chi connectivity index (χ1) is 20.8. The smallest absolute Gasteiger partial charge is 0.133 e. The third-order valence-corrected chi connectivity index (χ3v) is 8.21. The van der Waals surface area contributed by atoms with Crippen molar-refractivity contribution in [2.24, 2.45) is 5.92 Å². The van der Waals surface area contributed by atoms with Gasteiger partial charge in [0.25, 0.3) is 0 Å². The zero-order chi connectivity index (χ0) is 30.5. The van der Waals surface area contributed by atoms with Crippen molar-refractivity contribution in [3.05, 3.63) is 138 Å². The van der Waals surface area contributed by atoms with Crippen LogP contribution in [0.25, 0.3) is 33.4 Å². The van der Waals surface area contributed by atoms with Crippen LogP contribution < -0.4 is 5.32 Å². The fourth-order valence-electron chi connectivity index (χ4n) is 5.89. The number of aryl methyl sites for hydroxylation is 1. The molecule has 0 spiro atoms. The molecule has 0 saturated heterocycles. The summed E-state index contributed by atoms with van der Waals surface area (Å²) in [4.78, 5) is 3.45. The molecule has 4 aromatic rings. The standard InChI is InChI=1S/C37H38F2N4/c1-6-12-30(27-15-17-28(38)18-16-27)31-21-36(41-24(31)5)37-33-20-32(34(39)22-35(33)42-43-37)25(7-2)19-29(8-3)40-23(4)26-13-10-9-11-14-26/h6-8,12,15-22,26,40-41H,1,3-4,9-11,13-14H2,2,5H3,(H,42,43)/b25-7+,29-19+,30-12-. The van der Waals surface area contributed by atoms with Crippen molar-refractivity contribution < 1.29 is 8.78 Å². The van der Waals surface area contributed by atoms with Gasteiger partial charge in [-0.15, -0.1) is 0 Å². The lowest BCUT2D eigenvalue weighted by Gasteiger charge is -2.25. The molecular weight excluding hydrogens is 538 g/mol. The maximum atomic E-state index is 15.5. The van der Waals surface area contributed by atoms with Gasteiger partial charge in [-0.2, -0.15) is 5.10 Å². The Morgan fingerprint density at radius 2 is 1.77 bits per heavy atom.